The molecule has 0 atom stereocenters. The summed E-state index contributed by atoms with van der Waals surface area (Å²) in [5, 5.41) is 14.7. The Morgan fingerprint density at radius 2 is 2.04 bits per heavy atom. The fraction of sp³-hybridized carbons (Fsp3) is 0.350. The zero-order valence-electron chi connectivity index (χ0n) is 15.4. The Hall–Kier alpha value is -3.09. The zero-order valence-corrected chi connectivity index (χ0v) is 15.4. The number of nitrogens with one attached hydrogen (secondary N) is 2. The molecule has 2 heterocycles. The molecule has 0 unspecified atom stereocenters. The predicted molar refractivity (Wildman–Crippen MR) is 103 cm³/mol. The van der Waals surface area contributed by atoms with Crippen molar-refractivity contribution >= 4 is 11.8 Å². The first-order chi connectivity index (χ1) is 13.1. The Morgan fingerprint density at radius 3 is 2.74 bits per heavy atom. The molecule has 4 rings (SSSR count). The monoisotopic (exact) mass is 364 g/mol. The maximum absolute atomic E-state index is 12.4. The summed E-state index contributed by atoms with van der Waals surface area (Å²) in [7, 11) is 0. The highest BCUT2D eigenvalue weighted by molar-refractivity contribution is 5.88. The summed E-state index contributed by atoms with van der Waals surface area (Å²) < 4.78 is 3.76. The van der Waals surface area contributed by atoms with Crippen LogP contribution >= 0.6 is 0 Å². The van der Waals surface area contributed by atoms with Crippen molar-refractivity contribution in [2.45, 2.75) is 32.9 Å². The molecule has 3 aromatic rings. The average Bonchev–Trinajstić information content (AvgIpc) is 3.05. The van der Waals surface area contributed by atoms with Crippen molar-refractivity contribution in [3.63, 3.8) is 0 Å². The lowest BCUT2D eigenvalue weighted by Crippen LogP contribution is -2.36. The third kappa shape index (κ3) is 4.36. The molecular weight excluding hydrogens is 340 g/mol. The molecule has 2 aromatic heterocycles. The Bertz CT molecular complexity index is 896. The van der Waals surface area contributed by atoms with Crippen LogP contribution in [0.5, 0.6) is 0 Å². The van der Waals surface area contributed by atoms with Gasteiger partial charge in [0.1, 0.15) is 5.82 Å². The molecule has 1 aromatic carbocycles. The molecular formula is C20H24N6O. The van der Waals surface area contributed by atoms with Crippen LogP contribution in [-0.2, 0) is 13.1 Å². The fourth-order valence-electron chi connectivity index (χ4n) is 3.26. The largest absolute Gasteiger partial charge is 0.337 e. The number of benzene rings is 1. The second kappa shape index (κ2) is 7.26. The van der Waals surface area contributed by atoms with Gasteiger partial charge in [-0.1, -0.05) is 30.3 Å². The van der Waals surface area contributed by atoms with E-state index >= 15 is 0 Å². The van der Waals surface area contributed by atoms with Crippen molar-refractivity contribution in [3.8, 4) is 0 Å². The van der Waals surface area contributed by atoms with Crippen LogP contribution in [0.2, 0.25) is 0 Å². The molecule has 0 radical (unpaired) electrons. The van der Waals surface area contributed by atoms with Crippen LogP contribution in [0.25, 0.3) is 0 Å². The van der Waals surface area contributed by atoms with Crippen molar-refractivity contribution in [1.29, 1.82) is 0 Å². The van der Waals surface area contributed by atoms with Gasteiger partial charge in [-0.3, -0.25) is 10.00 Å². The lowest BCUT2D eigenvalue weighted by molar-refractivity contribution is 0.247. The van der Waals surface area contributed by atoms with E-state index in [9.17, 15) is 4.79 Å². The number of aryl methyl sites for hydroxylation is 1. The summed E-state index contributed by atoms with van der Waals surface area (Å²) in [5.74, 6) is 0.700. The first-order valence-corrected chi connectivity index (χ1v) is 9.23. The summed E-state index contributed by atoms with van der Waals surface area (Å²) in [6, 6.07) is 13.7. The molecule has 1 saturated carbocycles. The van der Waals surface area contributed by atoms with Crippen LogP contribution in [0.4, 0.5) is 10.6 Å². The van der Waals surface area contributed by atoms with E-state index in [-0.39, 0.29) is 11.4 Å². The summed E-state index contributed by atoms with van der Waals surface area (Å²) in [6.07, 6.45) is 5.97. The Balaban J connectivity index is 1.34. The molecule has 2 N–H and O–H groups in total. The SMILES string of the molecule is Cc1cc(NC(=O)NCC2(Cn3cccn3)CC2)n(Cc2ccccc2)n1. The molecule has 1 fully saturated rings. The summed E-state index contributed by atoms with van der Waals surface area (Å²) in [6.45, 7) is 4.03. The number of nitrogens with zero attached hydrogens (tertiary/aromatic N) is 4. The van der Waals surface area contributed by atoms with Crippen LogP contribution in [0.1, 0.15) is 24.1 Å². The number of hydrogen-bond donors (Lipinski definition) is 2. The number of aromatic nitrogens is 4. The van der Waals surface area contributed by atoms with Gasteiger partial charge in [-0.05, 0) is 31.4 Å². The minimum Gasteiger partial charge on any atom is -0.337 e. The van der Waals surface area contributed by atoms with E-state index in [0.29, 0.717) is 18.9 Å². The van der Waals surface area contributed by atoms with Crippen molar-refractivity contribution in [2.75, 3.05) is 11.9 Å². The van der Waals surface area contributed by atoms with E-state index in [1.807, 2.05) is 64.9 Å². The van der Waals surface area contributed by atoms with Crippen LogP contribution in [0.15, 0.2) is 54.9 Å². The molecule has 27 heavy (non-hydrogen) atoms. The van der Waals surface area contributed by atoms with E-state index in [1.54, 1.807) is 6.20 Å². The number of carbonyl (C=O) groups is 1. The van der Waals surface area contributed by atoms with Gasteiger partial charge in [0.2, 0.25) is 0 Å². The van der Waals surface area contributed by atoms with Gasteiger partial charge in [0, 0.05) is 37.0 Å². The number of anilines is 1. The van der Waals surface area contributed by atoms with Gasteiger partial charge in [0.05, 0.1) is 12.2 Å². The highest BCUT2D eigenvalue weighted by atomic mass is 16.2. The highest BCUT2D eigenvalue weighted by Crippen LogP contribution is 2.46. The van der Waals surface area contributed by atoms with E-state index in [4.69, 9.17) is 0 Å². The van der Waals surface area contributed by atoms with E-state index in [1.165, 1.54) is 0 Å². The van der Waals surface area contributed by atoms with Gasteiger partial charge >= 0.3 is 6.03 Å². The van der Waals surface area contributed by atoms with Gasteiger partial charge in [0.25, 0.3) is 0 Å². The van der Waals surface area contributed by atoms with Gasteiger partial charge in [-0.2, -0.15) is 10.2 Å². The molecule has 1 aliphatic carbocycles. The number of hydrogen-bond acceptors (Lipinski definition) is 3. The molecule has 7 nitrogen and oxygen atoms in total. The van der Waals surface area contributed by atoms with Crippen molar-refractivity contribution in [1.82, 2.24) is 24.9 Å². The second-order valence-electron chi connectivity index (χ2n) is 7.33. The molecule has 7 heteroatoms. The smallest absolute Gasteiger partial charge is 0.320 e. The van der Waals surface area contributed by atoms with Crippen molar-refractivity contribution in [2.24, 2.45) is 5.41 Å². The summed E-state index contributed by atoms with van der Waals surface area (Å²) >= 11 is 0. The quantitative estimate of drug-likeness (QED) is 0.676. The van der Waals surface area contributed by atoms with Crippen molar-refractivity contribution in [3.05, 3.63) is 66.1 Å². The van der Waals surface area contributed by atoms with Gasteiger partial charge in [0.15, 0.2) is 0 Å². The van der Waals surface area contributed by atoms with E-state index in [2.05, 4.69) is 20.8 Å². The molecule has 0 spiro atoms. The minimum absolute atomic E-state index is 0.129. The normalized spacial score (nSPS) is 14.7. The third-order valence-electron chi connectivity index (χ3n) is 4.96. The number of urea groups is 1. The molecule has 1 aliphatic rings. The number of rotatable bonds is 7. The first-order valence-electron chi connectivity index (χ1n) is 9.23. The minimum atomic E-state index is -0.198. The molecule has 0 saturated heterocycles. The lowest BCUT2D eigenvalue weighted by Gasteiger charge is -2.17. The predicted octanol–water partition coefficient (Wildman–Crippen LogP) is 3.04. The number of carbonyl (C=O) groups excluding carboxylic acids is 1. The molecule has 0 bridgehead atoms. The van der Waals surface area contributed by atoms with Crippen molar-refractivity contribution < 1.29 is 4.79 Å². The van der Waals surface area contributed by atoms with Gasteiger partial charge < -0.3 is 5.32 Å². The Morgan fingerprint density at radius 1 is 1.22 bits per heavy atom. The van der Waals surface area contributed by atoms with Crippen LogP contribution in [0, 0.1) is 12.3 Å². The lowest BCUT2D eigenvalue weighted by atomic mass is 10.1. The molecule has 140 valence electrons. The fourth-order valence-corrected chi connectivity index (χ4v) is 3.26. The maximum atomic E-state index is 12.4. The third-order valence-corrected chi connectivity index (χ3v) is 4.96. The number of amides is 2. The topological polar surface area (TPSA) is 76.8 Å². The van der Waals surface area contributed by atoms with Gasteiger partial charge in [-0.15, -0.1) is 0 Å². The maximum Gasteiger partial charge on any atom is 0.320 e. The standard InChI is InChI=1S/C20H24N6O/c1-16-12-18(26(24-16)13-17-6-3-2-4-7-17)23-19(27)21-14-20(8-9-20)15-25-11-5-10-22-25/h2-7,10-12H,8-9,13-15H2,1H3,(H2,21,23,27). The zero-order chi connectivity index (χ0) is 18.7. The molecule has 2 amide bonds. The molecule has 0 aliphatic heterocycles. The second-order valence-corrected chi connectivity index (χ2v) is 7.33. The van der Waals surface area contributed by atoms with Gasteiger partial charge in [-0.25, -0.2) is 9.48 Å². The highest BCUT2D eigenvalue weighted by Gasteiger charge is 2.43. The Labute approximate surface area is 158 Å². The van der Waals surface area contributed by atoms with Crippen LogP contribution in [-0.4, -0.2) is 32.1 Å². The van der Waals surface area contributed by atoms with Crippen LogP contribution in [0.3, 0.4) is 0 Å². The summed E-state index contributed by atoms with van der Waals surface area (Å²) in [5.41, 5.74) is 2.14. The van der Waals surface area contributed by atoms with E-state index < -0.39 is 0 Å². The van der Waals surface area contributed by atoms with Crippen LogP contribution < -0.4 is 10.6 Å². The van der Waals surface area contributed by atoms with E-state index in [0.717, 1.165) is 30.6 Å². The Kier molecular flexibility index (Phi) is 4.66. The average molecular weight is 364 g/mol. The summed E-state index contributed by atoms with van der Waals surface area (Å²) in [4.78, 5) is 12.4. The first kappa shape index (κ1) is 17.3.